The minimum absolute atomic E-state index is 0.0892. The van der Waals surface area contributed by atoms with Crippen LogP contribution in [0.1, 0.15) is 11.1 Å². The molecule has 0 spiro atoms. The van der Waals surface area contributed by atoms with Crippen molar-refractivity contribution in [2.45, 2.75) is 13.5 Å². The topological polar surface area (TPSA) is 52.5 Å². The summed E-state index contributed by atoms with van der Waals surface area (Å²) in [5.74, 6) is -0.183. The van der Waals surface area contributed by atoms with Crippen LogP contribution < -0.4 is 5.32 Å². The molecule has 0 amide bonds. The maximum atomic E-state index is 9.42. The first kappa shape index (κ1) is 13.0. The van der Waals surface area contributed by atoms with Crippen LogP contribution in [0.4, 0.5) is 5.69 Å². The smallest absolute Gasteiger partial charge is 0.157 e. The maximum absolute atomic E-state index is 9.42. The van der Waals surface area contributed by atoms with Crippen molar-refractivity contribution < 1.29 is 10.2 Å². The van der Waals surface area contributed by atoms with Crippen molar-refractivity contribution >= 4 is 28.3 Å². The van der Waals surface area contributed by atoms with Crippen molar-refractivity contribution in [2.75, 3.05) is 5.32 Å². The number of benzene rings is 2. The average Bonchev–Trinajstić information content (AvgIpc) is 2.35. The van der Waals surface area contributed by atoms with Gasteiger partial charge in [0.2, 0.25) is 0 Å². The van der Waals surface area contributed by atoms with Crippen LogP contribution in [0.5, 0.6) is 11.5 Å². The molecule has 3 N–H and O–H groups in total. The van der Waals surface area contributed by atoms with Gasteiger partial charge < -0.3 is 15.5 Å². The lowest BCUT2D eigenvalue weighted by molar-refractivity contribution is 0.403. The summed E-state index contributed by atoms with van der Waals surface area (Å²) < 4.78 is 1.21. The van der Waals surface area contributed by atoms with Gasteiger partial charge in [-0.15, -0.1) is 0 Å². The molecule has 94 valence electrons. The van der Waals surface area contributed by atoms with Gasteiger partial charge in [-0.3, -0.25) is 0 Å². The summed E-state index contributed by atoms with van der Waals surface area (Å²) in [4.78, 5) is 0. The largest absolute Gasteiger partial charge is 0.504 e. The van der Waals surface area contributed by atoms with Crippen LogP contribution in [0.15, 0.2) is 36.4 Å². The van der Waals surface area contributed by atoms with Gasteiger partial charge in [0.1, 0.15) is 0 Å². The highest BCUT2D eigenvalue weighted by Gasteiger charge is 2.03. The summed E-state index contributed by atoms with van der Waals surface area (Å²) in [7, 11) is 0. The monoisotopic (exact) mass is 355 g/mol. The number of hydrogen-bond donors (Lipinski definition) is 3. The quantitative estimate of drug-likeness (QED) is 0.582. The minimum Gasteiger partial charge on any atom is -0.504 e. The van der Waals surface area contributed by atoms with Gasteiger partial charge >= 0.3 is 0 Å². The van der Waals surface area contributed by atoms with E-state index in [0.717, 1.165) is 11.3 Å². The van der Waals surface area contributed by atoms with E-state index in [-0.39, 0.29) is 11.5 Å². The highest BCUT2D eigenvalue weighted by molar-refractivity contribution is 14.1. The summed E-state index contributed by atoms with van der Waals surface area (Å²) in [6.07, 6.45) is 0. The Balaban J connectivity index is 2.11. The van der Waals surface area contributed by atoms with Crippen molar-refractivity contribution in [3.63, 3.8) is 0 Å². The zero-order valence-electron chi connectivity index (χ0n) is 9.94. The maximum Gasteiger partial charge on any atom is 0.157 e. The molecule has 4 heteroatoms. The lowest BCUT2D eigenvalue weighted by Gasteiger charge is -2.11. The van der Waals surface area contributed by atoms with E-state index in [1.54, 1.807) is 12.1 Å². The second-order valence-electron chi connectivity index (χ2n) is 4.09. The molecule has 2 aromatic carbocycles. The molecule has 0 radical (unpaired) electrons. The highest BCUT2D eigenvalue weighted by atomic mass is 127. The van der Waals surface area contributed by atoms with Gasteiger partial charge in [0.15, 0.2) is 11.5 Å². The second kappa shape index (κ2) is 5.48. The third kappa shape index (κ3) is 2.87. The van der Waals surface area contributed by atoms with Gasteiger partial charge in [0.25, 0.3) is 0 Å². The molecule has 2 rings (SSSR count). The fraction of sp³-hybridized carbons (Fsp3) is 0.143. The molecule has 2 aromatic rings. The summed E-state index contributed by atoms with van der Waals surface area (Å²) in [6.45, 7) is 2.67. The molecule has 0 aliphatic rings. The van der Waals surface area contributed by atoms with Crippen LogP contribution in [0.25, 0.3) is 0 Å². The normalized spacial score (nSPS) is 10.3. The summed E-state index contributed by atoms with van der Waals surface area (Å²) in [5, 5.41) is 22.0. The Hall–Kier alpha value is -1.43. The first-order valence-corrected chi connectivity index (χ1v) is 6.65. The van der Waals surface area contributed by atoms with Gasteiger partial charge in [-0.25, -0.2) is 0 Å². The standard InChI is InChI=1S/C14H14INO2/c1-9-11(15)3-2-4-12(9)16-8-10-5-6-13(17)14(18)7-10/h2-7,16-18H,8H2,1H3. The summed E-state index contributed by atoms with van der Waals surface area (Å²) in [6, 6.07) is 10.9. The predicted octanol–water partition coefficient (Wildman–Crippen LogP) is 3.62. The fourth-order valence-electron chi connectivity index (χ4n) is 1.68. The molecule has 3 nitrogen and oxygen atoms in total. The number of nitrogens with one attached hydrogen (secondary N) is 1. The molecule has 0 atom stereocenters. The van der Waals surface area contributed by atoms with E-state index in [1.807, 2.05) is 12.1 Å². The second-order valence-corrected chi connectivity index (χ2v) is 5.25. The highest BCUT2D eigenvalue weighted by Crippen LogP contribution is 2.26. The Morgan fingerprint density at radius 3 is 2.61 bits per heavy atom. The van der Waals surface area contributed by atoms with E-state index < -0.39 is 0 Å². The van der Waals surface area contributed by atoms with Crippen molar-refractivity contribution in [3.05, 3.63) is 51.1 Å². The van der Waals surface area contributed by atoms with E-state index in [9.17, 15) is 10.2 Å². The van der Waals surface area contributed by atoms with Crippen LogP contribution in [-0.4, -0.2) is 10.2 Å². The van der Waals surface area contributed by atoms with Gasteiger partial charge in [0.05, 0.1) is 0 Å². The number of aromatic hydroxyl groups is 2. The number of hydrogen-bond acceptors (Lipinski definition) is 3. The molecule has 0 bridgehead atoms. The third-order valence-electron chi connectivity index (χ3n) is 2.79. The molecule has 0 saturated heterocycles. The first-order chi connectivity index (χ1) is 8.58. The van der Waals surface area contributed by atoms with Crippen molar-refractivity contribution in [3.8, 4) is 11.5 Å². The molecular weight excluding hydrogens is 341 g/mol. The Bertz CT molecular complexity index is 570. The summed E-state index contributed by atoms with van der Waals surface area (Å²) >= 11 is 2.30. The van der Waals surface area contributed by atoms with Crippen LogP contribution in [0.2, 0.25) is 0 Å². The average molecular weight is 355 g/mol. The fourth-order valence-corrected chi connectivity index (χ4v) is 2.17. The SMILES string of the molecule is Cc1c(I)cccc1NCc1ccc(O)c(O)c1. The lowest BCUT2D eigenvalue weighted by Crippen LogP contribution is -2.01. The number of rotatable bonds is 3. The van der Waals surface area contributed by atoms with E-state index in [1.165, 1.54) is 15.2 Å². The third-order valence-corrected chi connectivity index (χ3v) is 3.96. The lowest BCUT2D eigenvalue weighted by atomic mass is 10.1. The molecule has 0 fully saturated rings. The molecule has 0 aliphatic heterocycles. The van der Waals surface area contributed by atoms with E-state index in [2.05, 4.69) is 40.9 Å². The Kier molecular flexibility index (Phi) is 3.96. The van der Waals surface area contributed by atoms with Crippen LogP contribution in [-0.2, 0) is 6.54 Å². The van der Waals surface area contributed by atoms with E-state index in [4.69, 9.17) is 0 Å². The molecule has 0 aliphatic carbocycles. The first-order valence-electron chi connectivity index (χ1n) is 5.58. The molecule has 18 heavy (non-hydrogen) atoms. The number of phenolic OH excluding ortho intramolecular Hbond substituents is 2. The van der Waals surface area contributed by atoms with Crippen molar-refractivity contribution in [1.29, 1.82) is 0 Å². The minimum atomic E-state index is -0.0933. The van der Waals surface area contributed by atoms with Crippen molar-refractivity contribution in [1.82, 2.24) is 0 Å². The Labute approximate surface area is 120 Å². The molecule has 0 saturated carbocycles. The van der Waals surface area contributed by atoms with Crippen molar-refractivity contribution in [2.24, 2.45) is 0 Å². The number of halogens is 1. The molecule has 0 unspecified atom stereocenters. The van der Waals surface area contributed by atoms with Crippen LogP contribution in [0.3, 0.4) is 0 Å². The Morgan fingerprint density at radius 2 is 1.89 bits per heavy atom. The van der Waals surface area contributed by atoms with E-state index >= 15 is 0 Å². The number of phenols is 2. The van der Waals surface area contributed by atoms with Gasteiger partial charge in [0, 0.05) is 15.8 Å². The predicted molar refractivity (Wildman–Crippen MR) is 81.0 cm³/mol. The zero-order valence-corrected chi connectivity index (χ0v) is 12.1. The Morgan fingerprint density at radius 1 is 1.11 bits per heavy atom. The van der Waals surface area contributed by atoms with E-state index in [0.29, 0.717) is 6.54 Å². The molecule has 0 aromatic heterocycles. The van der Waals surface area contributed by atoms with Crippen LogP contribution in [0, 0.1) is 10.5 Å². The summed E-state index contributed by atoms with van der Waals surface area (Å²) in [5.41, 5.74) is 3.21. The zero-order chi connectivity index (χ0) is 13.1. The van der Waals surface area contributed by atoms with Crippen LogP contribution >= 0.6 is 22.6 Å². The van der Waals surface area contributed by atoms with Gasteiger partial charge in [-0.1, -0.05) is 12.1 Å². The molecular formula is C14H14INO2. The van der Waals surface area contributed by atoms with Gasteiger partial charge in [-0.05, 0) is 64.9 Å². The molecule has 0 heterocycles. The van der Waals surface area contributed by atoms with Gasteiger partial charge in [-0.2, -0.15) is 0 Å². The number of anilines is 1.